The summed E-state index contributed by atoms with van der Waals surface area (Å²) in [6.45, 7) is 0.713. The average molecular weight is 307 g/mol. The Hall–Kier alpha value is -1.82. The summed E-state index contributed by atoms with van der Waals surface area (Å²) < 4.78 is 2.01. The molecule has 22 heavy (non-hydrogen) atoms. The van der Waals surface area contributed by atoms with Crippen molar-refractivity contribution in [3.8, 4) is 0 Å². The monoisotopic (exact) mass is 307 g/mol. The highest BCUT2D eigenvalue weighted by Gasteiger charge is 2.22. The molecule has 0 aromatic carbocycles. The Bertz CT molecular complexity index is 491. The van der Waals surface area contributed by atoms with E-state index < -0.39 is 5.97 Å². The molecule has 1 aliphatic carbocycles. The summed E-state index contributed by atoms with van der Waals surface area (Å²) in [4.78, 5) is 19.9. The Labute approximate surface area is 130 Å². The number of hydrogen-bond acceptors (Lipinski definition) is 4. The highest BCUT2D eigenvalue weighted by molar-refractivity contribution is 5.66. The first-order valence-corrected chi connectivity index (χ1v) is 7.97. The van der Waals surface area contributed by atoms with Gasteiger partial charge in [0.2, 0.25) is 0 Å². The minimum atomic E-state index is -0.787. The van der Waals surface area contributed by atoms with Crippen molar-refractivity contribution in [1.29, 1.82) is 0 Å². The van der Waals surface area contributed by atoms with E-state index >= 15 is 0 Å². The predicted octanol–water partition coefficient (Wildman–Crippen LogP) is 2.86. The second kappa shape index (κ2) is 8.58. The molecule has 0 aliphatic heterocycles. The minimum absolute atomic E-state index is 0.135. The number of imidazole rings is 1. The normalized spacial score (nSPS) is 17.1. The van der Waals surface area contributed by atoms with Crippen LogP contribution < -0.4 is 5.90 Å². The molecule has 1 heterocycles. The van der Waals surface area contributed by atoms with Crippen molar-refractivity contribution in [1.82, 2.24) is 9.55 Å². The molecular formula is C16H25N3O3. The molecule has 0 atom stereocenters. The quantitative estimate of drug-likeness (QED) is 0.569. The van der Waals surface area contributed by atoms with E-state index in [0.29, 0.717) is 25.3 Å². The average Bonchev–Trinajstić information content (AvgIpc) is 3.03. The Morgan fingerprint density at radius 2 is 2.09 bits per heavy atom. The van der Waals surface area contributed by atoms with Crippen LogP contribution in [0.25, 0.3) is 0 Å². The molecule has 0 unspecified atom stereocenters. The summed E-state index contributed by atoms with van der Waals surface area (Å²) >= 11 is 0. The molecule has 122 valence electrons. The van der Waals surface area contributed by atoms with Crippen LogP contribution >= 0.6 is 0 Å². The van der Waals surface area contributed by atoms with Gasteiger partial charge in [0.1, 0.15) is 5.76 Å². The number of carboxylic acids is 1. The maximum atomic E-state index is 10.7. The van der Waals surface area contributed by atoms with Gasteiger partial charge in [0.25, 0.3) is 0 Å². The summed E-state index contributed by atoms with van der Waals surface area (Å²) in [5.74, 6) is 5.93. The molecule has 0 saturated heterocycles. The lowest BCUT2D eigenvalue weighted by Crippen LogP contribution is -2.18. The summed E-state index contributed by atoms with van der Waals surface area (Å²) in [6, 6.07) is 0. The van der Waals surface area contributed by atoms with Crippen LogP contribution in [0.15, 0.2) is 30.1 Å². The fraction of sp³-hybridized carbons (Fsp3) is 0.625. The van der Waals surface area contributed by atoms with Crippen molar-refractivity contribution in [3.63, 3.8) is 0 Å². The number of rotatable bonds is 8. The van der Waals surface area contributed by atoms with Gasteiger partial charge in [-0.2, -0.15) is 5.90 Å². The highest BCUT2D eigenvalue weighted by atomic mass is 16.6. The zero-order chi connectivity index (χ0) is 15.8. The third kappa shape index (κ3) is 4.87. The van der Waals surface area contributed by atoms with E-state index in [0.717, 1.165) is 18.6 Å². The van der Waals surface area contributed by atoms with Crippen LogP contribution in [-0.2, 0) is 16.2 Å². The lowest BCUT2D eigenvalue weighted by Gasteiger charge is -2.26. The van der Waals surface area contributed by atoms with Crippen LogP contribution in [0.3, 0.4) is 0 Å². The molecule has 0 bridgehead atoms. The first kappa shape index (κ1) is 16.5. The van der Waals surface area contributed by atoms with Crippen LogP contribution in [0.1, 0.15) is 51.4 Å². The molecule has 0 spiro atoms. The molecule has 1 aliphatic rings. The molecule has 1 fully saturated rings. The Balaban J connectivity index is 2.14. The van der Waals surface area contributed by atoms with E-state index in [1.165, 1.54) is 24.8 Å². The zero-order valence-corrected chi connectivity index (χ0v) is 12.9. The Morgan fingerprint density at radius 3 is 2.68 bits per heavy atom. The van der Waals surface area contributed by atoms with Gasteiger partial charge in [0.05, 0.1) is 6.33 Å². The number of allylic oxidation sites excluding steroid dienone is 2. The van der Waals surface area contributed by atoms with Gasteiger partial charge in [-0.15, -0.1) is 0 Å². The van der Waals surface area contributed by atoms with Crippen molar-refractivity contribution in [3.05, 3.63) is 30.1 Å². The number of nitrogens with zero attached hydrogens (tertiary/aromatic N) is 2. The number of aliphatic carboxylic acids is 1. The second-order valence-electron chi connectivity index (χ2n) is 5.88. The molecule has 6 nitrogen and oxygen atoms in total. The predicted molar refractivity (Wildman–Crippen MR) is 82.6 cm³/mol. The van der Waals surface area contributed by atoms with Crippen LogP contribution in [0.4, 0.5) is 0 Å². The van der Waals surface area contributed by atoms with Crippen LogP contribution in [-0.4, -0.2) is 20.6 Å². The molecule has 1 saturated carbocycles. The Morgan fingerprint density at radius 1 is 1.32 bits per heavy atom. The smallest absolute Gasteiger partial charge is 0.303 e. The van der Waals surface area contributed by atoms with Crippen molar-refractivity contribution >= 4 is 5.97 Å². The molecule has 1 aromatic heterocycles. The van der Waals surface area contributed by atoms with E-state index in [4.69, 9.17) is 15.8 Å². The third-order valence-electron chi connectivity index (χ3n) is 4.30. The van der Waals surface area contributed by atoms with Gasteiger partial charge >= 0.3 is 5.97 Å². The number of carboxylic acid groups (broad SMARTS) is 1. The van der Waals surface area contributed by atoms with Gasteiger partial charge in [-0.3, -0.25) is 4.79 Å². The van der Waals surface area contributed by atoms with Crippen LogP contribution in [0, 0.1) is 5.92 Å². The van der Waals surface area contributed by atoms with Crippen molar-refractivity contribution < 1.29 is 14.7 Å². The number of nitrogens with two attached hydrogens (primary N) is 1. The SMILES string of the molecule is NO/C(CCCC(=O)O)=C(/Cn1ccnc1)C1CCCCC1. The minimum Gasteiger partial charge on any atom is -0.481 e. The fourth-order valence-corrected chi connectivity index (χ4v) is 3.17. The van der Waals surface area contributed by atoms with Gasteiger partial charge in [-0.25, -0.2) is 4.98 Å². The molecule has 3 N–H and O–H groups in total. The van der Waals surface area contributed by atoms with Crippen molar-refractivity contribution in [2.45, 2.75) is 57.9 Å². The van der Waals surface area contributed by atoms with Gasteiger partial charge in [0.15, 0.2) is 0 Å². The second-order valence-corrected chi connectivity index (χ2v) is 5.88. The largest absolute Gasteiger partial charge is 0.481 e. The van der Waals surface area contributed by atoms with Gasteiger partial charge in [-0.1, -0.05) is 19.3 Å². The first-order chi connectivity index (χ1) is 10.7. The standard InChI is InChI=1S/C16H25N3O3/c17-22-15(7-4-8-16(20)21)14(11-19-10-9-18-12-19)13-5-2-1-3-6-13/h9-10,12-13H,1-8,11,17H2,(H,20,21)/b15-14-. The zero-order valence-electron chi connectivity index (χ0n) is 12.9. The lowest BCUT2D eigenvalue weighted by molar-refractivity contribution is -0.137. The third-order valence-corrected chi connectivity index (χ3v) is 4.30. The van der Waals surface area contributed by atoms with Crippen LogP contribution in [0.5, 0.6) is 0 Å². The van der Waals surface area contributed by atoms with Crippen molar-refractivity contribution in [2.24, 2.45) is 11.8 Å². The van der Waals surface area contributed by atoms with Crippen LogP contribution in [0.2, 0.25) is 0 Å². The van der Waals surface area contributed by atoms with E-state index in [9.17, 15) is 4.79 Å². The molecule has 6 heteroatoms. The highest BCUT2D eigenvalue weighted by Crippen LogP contribution is 2.33. The Kier molecular flexibility index (Phi) is 6.45. The van der Waals surface area contributed by atoms with E-state index in [2.05, 4.69) is 4.98 Å². The molecule has 0 radical (unpaired) electrons. The molecule has 0 amide bonds. The summed E-state index contributed by atoms with van der Waals surface area (Å²) in [5, 5.41) is 8.79. The number of hydrogen-bond donors (Lipinski definition) is 2. The molecule has 1 aromatic rings. The van der Waals surface area contributed by atoms with Gasteiger partial charge < -0.3 is 14.5 Å². The summed E-state index contributed by atoms with van der Waals surface area (Å²) in [6.07, 6.45) is 12.8. The lowest BCUT2D eigenvalue weighted by atomic mass is 9.82. The number of aromatic nitrogens is 2. The van der Waals surface area contributed by atoms with E-state index in [-0.39, 0.29) is 6.42 Å². The van der Waals surface area contributed by atoms with E-state index in [1.807, 2.05) is 10.8 Å². The molecule has 2 rings (SSSR count). The van der Waals surface area contributed by atoms with Gasteiger partial charge in [-0.05, 0) is 30.8 Å². The number of carbonyl (C=O) groups is 1. The fourth-order valence-electron chi connectivity index (χ4n) is 3.17. The topological polar surface area (TPSA) is 90.4 Å². The van der Waals surface area contributed by atoms with E-state index in [1.54, 1.807) is 12.5 Å². The maximum absolute atomic E-state index is 10.7. The molecular weight excluding hydrogens is 282 g/mol. The maximum Gasteiger partial charge on any atom is 0.303 e. The summed E-state index contributed by atoms with van der Waals surface area (Å²) in [7, 11) is 0. The summed E-state index contributed by atoms with van der Waals surface area (Å²) in [5.41, 5.74) is 1.20. The van der Waals surface area contributed by atoms with Gasteiger partial charge in [0, 0.05) is 31.8 Å². The first-order valence-electron chi connectivity index (χ1n) is 7.97. The van der Waals surface area contributed by atoms with Crippen molar-refractivity contribution in [2.75, 3.05) is 0 Å².